The molecule has 0 aliphatic carbocycles. The molecule has 0 bridgehead atoms. The summed E-state index contributed by atoms with van der Waals surface area (Å²) in [5.41, 5.74) is 11.4. The Labute approximate surface area is 81.1 Å². The molecule has 0 aliphatic rings. The van der Waals surface area contributed by atoms with E-state index in [1.807, 2.05) is 0 Å². The number of halogens is 1. The van der Waals surface area contributed by atoms with Crippen molar-refractivity contribution in [2.45, 2.75) is 19.6 Å². The van der Waals surface area contributed by atoms with Crippen molar-refractivity contribution in [3.63, 3.8) is 0 Å². The quantitative estimate of drug-likeness (QED) is 0.675. The third-order valence-electron chi connectivity index (χ3n) is 1.35. The highest BCUT2D eigenvalue weighted by atomic mass is 79.9. The average Bonchev–Trinajstić information content (AvgIpc) is 2.18. The van der Waals surface area contributed by atoms with Gasteiger partial charge in [-0.25, -0.2) is 4.68 Å². The fourth-order valence-corrected chi connectivity index (χ4v) is 0.805. The highest BCUT2D eigenvalue weighted by molar-refractivity contribution is 8.93. The second kappa shape index (κ2) is 4.32. The van der Waals surface area contributed by atoms with E-state index >= 15 is 0 Å². The van der Waals surface area contributed by atoms with Crippen molar-refractivity contribution < 1.29 is 5.11 Å². The zero-order chi connectivity index (χ0) is 8.43. The maximum absolute atomic E-state index is 8.98. The molecule has 5 nitrogen and oxygen atoms in total. The highest BCUT2D eigenvalue weighted by Crippen LogP contribution is 2.12. The third kappa shape index (κ3) is 2.38. The van der Waals surface area contributed by atoms with Crippen LogP contribution in [0.3, 0.4) is 0 Å². The Kier molecular flexibility index (Phi) is 4.05. The Morgan fingerprint density at radius 1 is 1.67 bits per heavy atom. The molecular formula is C6H13BrN4O. The van der Waals surface area contributed by atoms with Crippen LogP contribution < -0.4 is 11.5 Å². The van der Waals surface area contributed by atoms with Crippen LogP contribution in [0.25, 0.3) is 0 Å². The van der Waals surface area contributed by atoms with E-state index < -0.39 is 6.10 Å². The second-order valence-electron chi connectivity index (χ2n) is 2.52. The number of aliphatic hydroxyl groups excluding tert-OH is 1. The summed E-state index contributed by atoms with van der Waals surface area (Å²) in [5, 5.41) is 12.8. The van der Waals surface area contributed by atoms with Crippen molar-refractivity contribution in [2.24, 2.45) is 0 Å². The lowest BCUT2D eigenvalue weighted by Crippen LogP contribution is -2.15. The number of aromatic nitrogens is 2. The molecule has 0 amide bonds. The maximum atomic E-state index is 8.98. The van der Waals surface area contributed by atoms with Gasteiger partial charge in [0.15, 0.2) is 0 Å². The lowest BCUT2D eigenvalue weighted by atomic mass is 10.4. The van der Waals surface area contributed by atoms with E-state index in [9.17, 15) is 0 Å². The summed E-state index contributed by atoms with van der Waals surface area (Å²) < 4.78 is 1.47. The minimum Gasteiger partial charge on any atom is -0.394 e. The fraction of sp³-hybridized carbons (Fsp3) is 0.500. The third-order valence-corrected chi connectivity index (χ3v) is 1.35. The van der Waals surface area contributed by atoms with Gasteiger partial charge in [0.1, 0.15) is 5.82 Å². The van der Waals surface area contributed by atoms with Crippen LogP contribution in [-0.4, -0.2) is 21.0 Å². The van der Waals surface area contributed by atoms with E-state index in [2.05, 4.69) is 5.10 Å². The number of rotatable bonds is 2. The van der Waals surface area contributed by atoms with Gasteiger partial charge in [0.25, 0.3) is 0 Å². The molecule has 1 unspecified atom stereocenters. The van der Waals surface area contributed by atoms with E-state index in [4.69, 9.17) is 16.6 Å². The molecule has 0 spiro atoms. The summed E-state index contributed by atoms with van der Waals surface area (Å²) in [6.07, 6.45) is 1.01. The zero-order valence-electron chi connectivity index (χ0n) is 6.77. The smallest absolute Gasteiger partial charge is 0.145 e. The van der Waals surface area contributed by atoms with E-state index in [0.29, 0.717) is 18.1 Å². The van der Waals surface area contributed by atoms with Gasteiger partial charge in [0, 0.05) is 0 Å². The van der Waals surface area contributed by atoms with Crippen LogP contribution in [0.15, 0.2) is 6.20 Å². The van der Waals surface area contributed by atoms with Gasteiger partial charge in [-0.15, -0.1) is 17.0 Å². The Morgan fingerprint density at radius 3 is 2.58 bits per heavy atom. The molecule has 0 aromatic carbocycles. The van der Waals surface area contributed by atoms with Crippen LogP contribution in [0.2, 0.25) is 0 Å². The molecule has 5 N–H and O–H groups in total. The maximum Gasteiger partial charge on any atom is 0.145 e. The van der Waals surface area contributed by atoms with Crippen molar-refractivity contribution in [2.75, 3.05) is 11.5 Å². The molecule has 1 rings (SSSR count). The highest BCUT2D eigenvalue weighted by Gasteiger charge is 2.05. The van der Waals surface area contributed by atoms with Crippen LogP contribution >= 0.6 is 17.0 Å². The second-order valence-corrected chi connectivity index (χ2v) is 2.52. The Bertz CT molecular complexity index is 248. The SMILES string of the molecule is Br.CC(O)Cn1ncc(N)c1N. The molecule has 0 fully saturated rings. The van der Waals surface area contributed by atoms with Crippen molar-refractivity contribution in [1.29, 1.82) is 0 Å². The summed E-state index contributed by atoms with van der Waals surface area (Å²) in [5.74, 6) is 0.408. The van der Waals surface area contributed by atoms with Gasteiger partial charge in [-0.2, -0.15) is 5.10 Å². The van der Waals surface area contributed by atoms with Gasteiger partial charge in [0.2, 0.25) is 0 Å². The largest absolute Gasteiger partial charge is 0.394 e. The first-order valence-corrected chi connectivity index (χ1v) is 3.36. The van der Waals surface area contributed by atoms with Crippen molar-refractivity contribution in [1.82, 2.24) is 9.78 Å². The number of hydrogen-bond acceptors (Lipinski definition) is 4. The van der Waals surface area contributed by atoms with Crippen molar-refractivity contribution in [3.05, 3.63) is 6.20 Å². The molecule has 1 aromatic rings. The topological polar surface area (TPSA) is 90.1 Å². The van der Waals surface area contributed by atoms with Crippen LogP contribution in [0.4, 0.5) is 11.5 Å². The molecule has 6 heteroatoms. The first-order valence-electron chi connectivity index (χ1n) is 3.36. The van der Waals surface area contributed by atoms with E-state index in [1.54, 1.807) is 6.92 Å². The summed E-state index contributed by atoms with van der Waals surface area (Å²) in [7, 11) is 0. The van der Waals surface area contributed by atoms with Gasteiger partial charge in [-0.1, -0.05) is 0 Å². The summed E-state index contributed by atoms with van der Waals surface area (Å²) in [4.78, 5) is 0. The first kappa shape index (κ1) is 11.2. The minimum absolute atomic E-state index is 0. The number of nitrogens with zero attached hydrogens (tertiary/aromatic N) is 2. The predicted octanol–water partition coefficient (Wildman–Crippen LogP) is 0.00620. The average molecular weight is 237 g/mol. The van der Waals surface area contributed by atoms with E-state index in [1.165, 1.54) is 10.9 Å². The predicted molar refractivity (Wildman–Crippen MR) is 53.1 cm³/mol. The molecule has 1 aromatic heterocycles. The van der Waals surface area contributed by atoms with Crippen LogP contribution in [0.1, 0.15) is 6.92 Å². The number of aliphatic hydroxyl groups is 1. The molecule has 12 heavy (non-hydrogen) atoms. The monoisotopic (exact) mass is 236 g/mol. The molecule has 70 valence electrons. The summed E-state index contributed by atoms with van der Waals surface area (Å²) >= 11 is 0. The zero-order valence-corrected chi connectivity index (χ0v) is 8.48. The lowest BCUT2D eigenvalue weighted by Gasteiger charge is -2.05. The Hall–Kier alpha value is -0.750. The normalized spacial score (nSPS) is 12.2. The van der Waals surface area contributed by atoms with Crippen LogP contribution in [0.5, 0.6) is 0 Å². The van der Waals surface area contributed by atoms with Crippen molar-refractivity contribution >= 4 is 28.5 Å². The molecule has 1 atom stereocenters. The summed E-state index contributed by atoms with van der Waals surface area (Å²) in [6.45, 7) is 2.04. The standard InChI is InChI=1S/C6H12N4O.BrH/c1-4(11)3-10-6(8)5(7)2-9-10;/h2,4,11H,3,7-8H2,1H3;1H. The van der Waals surface area contributed by atoms with Gasteiger partial charge < -0.3 is 16.6 Å². The van der Waals surface area contributed by atoms with Crippen LogP contribution in [0, 0.1) is 0 Å². The lowest BCUT2D eigenvalue weighted by molar-refractivity contribution is 0.169. The van der Waals surface area contributed by atoms with Gasteiger partial charge >= 0.3 is 0 Å². The fourth-order valence-electron chi connectivity index (χ4n) is 0.805. The number of hydrogen-bond donors (Lipinski definition) is 3. The van der Waals surface area contributed by atoms with E-state index in [0.717, 1.165) is 0 Å². The molecule has 0 saturated carbocycles. The number of nitrogens with two attached hydrogens (primary N) is 2. The van der Waals surface area contributed by atoms with Gasteiger partial charge in [-0.3, -0.25) is 0 Å². The molecule has 1 heterocycles. The Morgan fingerprint density at radius 2 is 2.25 bits per heavy atom. The molecule has 0 aliphatic heterocycles. The van der Waals surface area contributed by atoms with E-state index in [-0.39, 0.29) is 17.0 Å². The van der Waals surface area contributed by atoms with Crippen molar-refractivity contribution in [3.8, 4) is 0 Å². The number of nitrogen functional groups attached to an aromatic ring is 2. The minimum atomic E-state index is -0.461. The molecule has 0 saturated heterocycles. The summed E-state index contributed by atoms with van der Waals surface area (Å²) in [6, 6.07) is 0. The molecule has 0 radical (unpaired) electrons. The number of anilines is 2. The van der Waals surface area contributed by atoms with Gasteiger partial charge in [0.05, 0.1) is 24.5 Å². The molecular weight excluding hydrogens is 224 g/mol. The Balaban J connectivity index is 0.00000121. The first-order chi connectivity index (χ1) is 5.11. The van der Waals surface area contributed by atoms with Crippen LogP contribution in [-0.2, 0) is 6.54 Å². The van der Waals surface area contributed by atoms with Gasteiger partial charge in [-0.05, 0) is 6.92 Å².